The number of esters is 1. The summed E-state index contributed by atoms with van der Waals surface area (Å²) in [6.07, 6.45) is 0.806. The molecule has 2 aromatic rings. The van der Waals surface area contributed by atoms with Gasteiger partial charge in [0, 0.05) is 5.92 Å². The molecule has 1 heterocycles. The van der Waals surface area contributed by atoms with Gasteiger partial charge in [-0.3, -0.25) is 0 Å². The van der Waals surface area contributed by atoms with E-state index in [0.29, 0.717) is 12.5 Å². The van der Waals surface area contributed by atoms with Crippen molar-refractivity contribution in [3.63, 3.8) is 0 Å². The fourth-order valence-corrected chi connectivity index (χ4v) is 4.33. The van der Waals surface area contributed by atoms with Crippen molar-refractivity contribution in [1.29, 1.82) is 0 Å². The zero-order chi connectivity index (χ0) is 23.6. The van der Waals surface area contributed by atoms with Gasteiger partial charge in [0.1, 0.15) is 12.7 Å². The smallest absolute Gasteiger partial charge is 0.408 e. The molecule has 6 nitrogen and oxygen atoms in total. The molecule has 0 bridgehead atoms. The number of hydrogen-bond donors (Lipinski definition) is 1. The van der Waals surface area contributed by atoms with Crippen molar-refractivity contribution in [3.8, 4) is 0 Å². The first kappa shape index (κ1) is 24.8. The third-order valence-corrected chi connectivity index (χ3v) is 6.00. The number of nitrogens with one attached hydrogen (secondary N) is 1. The van der Waals surface area contributed by atoms with Gasteiger partial charge in [0.05, 0.1) is 13.2 Å². The summed E-state index contributed by atoms with van der Waals surface area (Å²) in [5, 5.41) is 2.61. The Morgan fingerprint density at radius 3 is 2.30 bits per heavy atom. The van der Waals surface area contributed by atoms with Gasteiger partial charge in [-0.05, 0) is 42.7 Å². The van der Waals surface area contributed by atoms with Crippen LogP contribution in [-0.4, -0.2) is 37.4 Å². The Bertz CT molecular complexity index is 871. The topological polar surface area (TPSA) is 73.9 Å². The Hall–Kier alpha value is -2.86. The van der Waals surface area contributed by atoms with E-state index in [1.165, 1.54) is 5.56 Å². The van der Waals surface area contributed by atoms with E-state index in [2.05, 4.69) is 31.3 Å². The van der Waals surface area contributed by atoms with Crippen molar-refractivity contribution in [1.82, 2.24) is 5.32 Å². The molecule has 2 aromatic carbocycles. The van der Waals surface area contributed by atoms with E-state index in [0.717, 1.165) is 18.4 Å². The predicted octanol–water partition coefficient (Wildman–Crippen LogP) is 4.76. The monoisotopic (exact) mass is 453 g/mol. The van der Waals surface area contributed by atoms with Gasteiger partial charge < -0.3 is 19.5 Å². The number of hydrogen-bond acceptors (Lipinski definition) is 5. The quantitative estimate of drug-likeness (QED) is 0.612. The highest BCUT2D eigenvalue weighted by atomic mass is 16.6. The second-order valence-corrected chi connectivity index (χ2v) is 9.18. The molecule has 178 valence electrons. The van der Waals surface area contributed by atoms with Crippen molar-refractivity contribution in [2.45, 2.75) is 52.4 Å². The molecule has 0 saturated carbocycles. The van der Waals surface area contributed by atoms with Crippen molar-refractivity contribution < 1.29 is 23.8 Å². The number of amides is 1. The molecule has 0 aromatic heterocycles. The standard InChI is InChI=1S/C27H35NO5/c1-19(2)14-24-20(3)33-26(29)25(28-27(30)32-16-22-12-8-5-9-13-22)18-31-17-23(24)15-21-10-6-4-7-11-21/h4-13,19-20,23-25H,14-18H2,1-3H3,(H,28,30)/t20-,23-,24-,25-/m0/s1. The highest BCUT2D eigenvalue weighted by molar-refractivity contribution is 5.81. The highest BCUT2D eigenvalue weighted by Crippen LogP contribution is 2.30. The lowest BCUT2D eigenvalue weighted by molar-refractivity contribution is -0.154. The van der Waals surface area contributed by atoms with Gasteiger partial charge in [-0.25, -0.2) is 9.59 Å². The second kappa shape index (κ2) is 12.4. The Morgan fingerprint density at radius 2 is 1.67 bits per heavy atom. The average molecular weight is 454 g/mol. The van der Waals surface area contributed by atoms with Gasteiger partial charge in [-0.15, -0.1) is 0 Å². The molecule has 0 unspecified atom stereocenters. The first-order valence-corrected chi connectivity index (χ1v) is 11.7. The van der Waals surface area contributed by atoms with Crippen molar-refractivity contribution in [2.75, 3.05) is 13.2 Å². The largest absolute Gasteiger partial charge is 0.461 e. The molecule has 1 amide bonds. The van der Waals surface area contributed by atoms with Gasteiger partial charge >= 0.3 is 12.1 Å². The first-order chi connectivity index (χ1) is 15.9. The van der Waals surface area contributed by atoms with Crippen LogP contribution in [0.2, 0.25) is 0 Å². The number of carbonyl (C=O) groups is 2. The molecule has 33 heavy (non-hydrogen) atoms. The van der Waals surface area contributed by atoms with Gasteiger partial charge in [-0.1, -0.05) is 74.5 Å². The minimum Gasteiger partial charge on any atom is -0.461 e. The first-order valence-electron chi connectivity index (χ1n) is 11.7. The zero-order valence-electron chi connectivity index (χ0n) is 19.7. The molecule has 1 saturated heterocycles. The molecule has 0 aliphatic carbocycles. The maximum atomic E-state index is 12.9. The number of carbonyl (C=O) groups excluding carboxylic acids is 2. The van der Waals surface area contributed by atoms with E-state index < -0.39 is 18.1 Å². The summed E-state index contributed by atoms with van der Waals surface area (Å²) in [5.41, 5.74) is 2.10. The molecular formula is C27H35NO5. The normalized spacial score (nSPS) is 23.7. The van der Waals surface area contributed by atoms with Crippen LogP contribution in [0.4, 0.5) is 4.79 Å². The van der Waals surface area contributed by atoms with Crippen molar-refractivity contribution in [2.24, 2.45) is 17.8 Å². The predicted molar refractivity (Wildman–Crippen MR) is 127 cm³/mol. The third-order valence-electron chi connectivity index (χ3n) is 6.00. The molecule has 1 N–H and O–H groups in total. The fraction of sp³-hybridized carbons (Fsp3) is 0.481. The van der Waals surface area contributed by atoms with E-state index in [4.69, 9.17) is 14.2 Å². The number of cyclic esters (lactones) is 1. The Balaban J connectivity index is 1.65. The summed E-state index contributed by atoms with van der Waals surface area (Å²) in [5.74, 6) is 0.310. The number of ether oxygens (including phenoxy) is 3. The lowest BCUT2D eigenvalue weighted by Gasteiger charge is -2.32. The van der Waals surface area contributed by atoms with Crippen LogP contribution in [0.15, 0.2) is 60.7 Å². The highest BCUT2D eigenvalue weighted by Gasteiger charge is 2.35. The Morgan fingerprint density at radius 1 is 1.03 bits per heavy atom. The van der Waals surface area contributed by atoms with Gasteiger partial charge in [-0.2, -0.15) is 0 Å². The molecule has 1 aliphatic heterocycles. The lowest BCUT2D eigenvalue weighted by atomic mass is 9.79. The van der Waals surface area contributed by atoms with Crippen LogP contribution in [0.5, 0.6) is 0 Å². The van der Waals surface area contributed by atoms with Crippen LogP contribution in [0.25, 0.3) is 0 Å². The SMILES string of the molecule is CC(C)C[C@@H]1[C@@H](Cc2ccccc2)COC[C@H](NC(=O)OCc2ccccc2)C(=O)O[C@H]1C. The van der Waals surface area contributed by atoms with E-state index in [1.54, 1.807) is 0 Å². The van der Waals surface area contributed by atoms with Gasteiger partial charge in [0.25, 0.3) is 0 Å². The van der Waals surface area contributed by atoms with Crippen LogP contribution >= 0.6 is 0 Å². The summed E-state index contributed by atoms with van der Waals surface area (Å²) in [7, 11) is 0. The molecule has 0 radical (unpaired) electrons. The van der Waals surface area contributed by atoms with Crippen molar-refractivity contribution in [3.05, 3.63) is 71.8 Å². The minimum atomic E-state index is -0.911. The van der Waals surface area contributed by atoms with Gasteiger partial charge in [0.2, 0.25) is 0 Å². The molecule has 6 heteroatoms. The van der Waals surface area contributed by atoms with E-state index in [9.17, 15) is 9.59 Å². The van der Waals surface area contributed by atoms with Crippen LogP contribution in [0, 0.1) is 17.8 Å². The average Bonchev–Trinajstić information content (AvgIpc) is 2.85. The summed E-state index contributed by atoms with van der Waals surface area (Å²) in [4.78, 5) is 25.2. The Kier molecular flexibility index (Phi) is 9.31. The lowest BCUT2D eigenvalue weighted by Crippen LogP contribution is -2.46. The number of rotatable bonds is 7. The van der Waals surface area contributed by atoms with E-state index >= 15 is 0 Å². The van der Waals surface area contributed by atoms with Crippen LogP contribution in [0.1, 0.15) is 38.3 Å². The van der Waals surface area contributed by atoms with Crippen LogP contribution in [-0.2, 0) is 32.0 Å². The van der Waals surface area contributed by atoms with Gasteiger partial charge in [0.15, 0.2) is 6.04 Å². The molecule has 3 rings (SSSR count). The van der Waals surface area contributed by atoms with Crippen LogP contribution in [0.3, 0.4) is 0 Å². The van der Waals surface area contributed by atoms with Crippen LogP contribution < -0.4 is 5.32 Å². The second-order valence-electron chi connectivity index (χ2n) is 9.18. The molecule has 1 fully saturated rings. The fourth-order valence-electron chi connectivity index (χ4n) is 4.33. The minimum absolute atomic E-state index is 0.0473. The summed E-state index contributed by atoms with van der Waals surface area (Å²) < 4.78 is 17.1. The Labute approximate surface area is 196 Å². The third kappa shape index (κ3) is 7.90. The summed E-state index contributed by atoms with van der Waals surface area (Å²) in [6, 6.07) is 18.8. The maximum absolute atomic E-state index is 12.9. The molecule has 0 spiro atoms. The maximum Gasteiger partial charge on any atom is 0.408 e. The molecule has 4 atom stereocenters. The summed E-state index contributed by atoms with van der Waals surface area (Å²) in [6.45, 7) is 6.96. The molecular weight excluding hydrogens is 418 g/mol. The summed E-state index contributed by atoms with van der Waals surface area (Å²) >= 11 is 0. The van der Waals surface area contributed by atoms with E-state index in [-0.39, 0.29) is 31.2 Å². The molecule has 1 aliphatic rings. The zero-order valence-corrected chi connectivity index (χ0v) is 19.7. The van der Waals surface area contributed by atoms with Crippen molar-refractivity contribution >= 4 is 12.1 Å². The van der Waals surface area contributed by atoms with E-state index in [1.807, 2.05) is 55.5 Å². The number of alkyl carbamates (subject to hydrolysis) is 1. The number of benzene rings is 2.